The minimum Gasteiger partial charge on any atom is -0.496 e. The van der Waals surface area contributed by atoms with Crippen LogP contribution in [0.4, 0.5) is 0 Å². The highest BCUT2D eigenvalue weighted by Gasteiger charge is 2.17. The summed E-state index contributed by atoms with van der Waals surface area (Å²) in [6.07, 6.45) is 4.56. The first-order chi connectivity index (χ1) is 16.1. The lowest BCUT2D eigenvalue weighted by atomic mass is 9.96. The Morgan fingerprint density at radius 3 is 1.91 bits per heavy atom. The van der Waals surface area contributed by atoms with Crippen molar-refractivity contribution in [2.24, 2.45) is 5.92 Å². The van der Waals surface area contributed by atoms with Crippen LogP contribution in [0.1, 0.15) is 50.7 Å². The lowest BCUT2D eigenvalue weighted by molar-refractivity contribution is 0.234. The van der Waals surface area contributed by atoms with Crippen LogP contribution in [0, 0.1) is 28.6 Å². The molecule has 0 spiro atoms. The van der Waals surface area contributed by atoms with Gasteiger partial charge >= 0.3 is 0 Å². The van der Waals surface area contributed by atoms with Crippen molar-refractivity contribution >= 4 is 0 Å². The molecule has 0 aromatic heterocycles. The summed E-state index contributed by atoms with van der Waals surface area (Å²) in [5.74, 6) is 1.92. The van der Waals surface area contributed by atoms with Gasteiger partial charge < -0.3 is 9.47 Å². The van der Waals surface area contributed by atoms with Crippen LogP contribution in [0.2, 0.25) is 0 Å². The van der Waals surface area contributed by atoms with Crippen molar-refractivity contribution in [2.75, 3.05) is 13.7 Å². The summed E-state index contributed by atoms with van der Waals surface area (Å²) in [6.45, 7) is 5.04. The number of nitriles is 2. The van der Waals surface area contributed by atoms with Crippen molar-refractivity contribution < 1.29 is 9.47 Å². The van der Waals surface area contributed by atoms with Crippen LogP contribution in [0.3, 0.4) is 0 Å². The molecule has 168 valence electrons. The fourth-order valence-electron chi connectivity index (χ4n) is 3.92. The number of benzene rings is 3. The number of rotatable bonds is 10. The molecule has 0 saturated carbocycles. The van der Waals surface area contributed by atoms with Crippen LogP contribution < -0.4 is 9.47 Å². The molecule has 1 atom stereocenters. The van der Waals surface area contributed by atoms with Crippen LogP contribution in [0.15, 0.2) is 60.7 Å². The Morgan fingerprint density at radius 2 is 1.39 bits per heavy atom. The van der Waals surface area contributed by atoms with Crippen molar-refractivity contribution in [3.63, 3.8) is 0 Å². The number of hydrogen-bond acceptors (Lipinski definition) is 4. The van der Waals surface area contributed by atoms with Gasteiger partial charge in [-0.05, 0) is 59.9 Å². The molecule has 1 unspecified atom stereocenters. The molecule has 0 aliphatic heterocycles. The van der Waals surface area contributed by atoms with Gasteiger partial charge in [-0.3, -0.25) is 0 Å². The van der Waals surface area contributed by atoms with Gasteiger partial charge in [0.15, 0.2) is 0 Å². The molecule has 0 saturated heterocycles. The molecule has 0 heterocycles. The van der Waals surface area contributed by atoms with Gasteiger partial charge in [0.25, 0.3) is 0 Å². The van der Waals surface area contributed by atoms with Gasteiger partial charge in [-0.1, -0.05) is 57.4 Å². The summed E-state index contributed by atoms with van der Waals surface area (Å²) in [6, 6.07) is 23.4. The number of nitrogens with zero attached hydrogens (tertiary/aromatic N) is 2. The summed E-state index contributed by atoms with van der Waals surface area (Å²) in [7, 11) is 1.64. The second-order valence-corrected chi connectivity index (χ2v) is 8.16. The predicted octanol–water partition coefficient (Wildman–Crippen LogP) is 7.37. The van der Waals surface area contributed by atoms with E-state index in [4.69, 9.17) is 9.47 Å². The van der Waals surface area contributed by atoms with Crippen molar-refractivity contribution in [3.05, 3.63) is 71.8 Å². The zero-order valence-electron chi connectivity index (χ0n) is 19.6. The maximum Gasteiger partial charge on any atom is 0.128 e. The van der Waals surface area contributed by atoms with Gasteiger partial charge in [0, 0.05) is 11.1 Å². The van der Waals surface area contributed by atoms with Crippen LogP contribution in [-0.2, 0) is 0 Å². The molecule has 33 heavy (non-hydrogen) atoms. The molecule has 0 aliphatic carbocycles. The van der Waals surface area contributed by atoms with Crippen LogP contribution in [0.25, 0.3) is 22.3 Å². The molecule has 0 bridgehead atoms. The second-order valence-electron chi connectivity index (χ2n) is 8.16. The molecule has 0 radical (unpaired) electrons. The zero-order chi connectivity index (χ0) is 23.6. The predicted molar refractivity (Wildman–Crippen MR) is 132 cm³/mol. The van der Waals surface area contributed by atoms with Crippen molar-refractivity contribution in [3.8, 4) is 45.9 Å². The molecule has 0 N–H and O–H groups in total. The fourth-order valence-corrected chi connectivity index (χ4v) is 3.92. The minimum atomic E-state index is 0.482. The molecule has 0 amide bonds. The Balaban J connectivity index is 2.10. The van der Waals surface area contributed by atoms with Crippen molar-refractivity contribution in [1.29, 1.82) is 10.5 Å². The molecular weight excluding hydrogens is 408 g/mol. The molecule has 0 fully saturated rings. The van der Waals surface area contributed by atoms with E-state index in [1.807, 2.05) is 48.5 Å². The highest BCUT2D eigenvalue weighted by atomic mass is 16.5. The van der Waals surface area contributed by atoms with E-state index in [2.05, 4.69) is 26.0 Å². The first-order valence-electron chi connectivity index (χ1n) is 11.5. The van der Waals surface area contributed by atoms with E-state index in [-0.39, 0.29) is 0 Å². The van der Waals surface area contributed by atoms with E-state index in [1.165, 1.54) is 12.8 Å². The van der Waals surface area contributed by atoms with Crippen LogP contribution in [-0.4, -0.2) is 13.7 Å². The first-order valence-corrected chi connectivity index (χ1v) is 11.5. The van der Waals surface area contributed by atoms with E-state index in [9.17, 15) is 10.5 Å². The standard InChI is InChI=1S/C29H30N2O2/c1-4-6-9-21(5-2)20-33-29-17-26(24-12-7-10-22(14-24)18-30)28(32-3)16-27(29)25-13-8-11-23(15-25)19-31/h7-8,10-17,21H,4-6,9,20H2,1-3H3. The summed E-state index contributed by atoms with van der Waals surface area (Å²) in [4.78, 5) is 0. The molecule has 4 nitrogen and oxygen atoms in total. The van der Waals surface area contributed by atoms with E-state index in [0.29, 0.717) is 29.4 Å². The van der Waals surface area contributed by atoms with Crippen molar-refractivity contribution in [1.82, 2.24) is 0 Å². The fraction of sp³-hybridized carbons (Fsp3) is 0.310. The lowest BCUT2D eigenvalue weighted by Gasteiger charge is -2.20. The number of unbranched alkanes of at least 4 members (excludes halogenated alkanes) is 1. The van der Waals surface area contributed by atoms with Gasteiger partial charge in [-0.15, -0.1) is 0 Å². The number of methoxy groups -OCH3 is 1. The Kier molecular flexibility index (Phi) is 8.50. The first kappa shape index (κ1) is 23.9. The molecule has 3 aromatic rings. The average molecular weight is 439 g/mol. The van der Waals surface area contributed by atoms with Crippen LogP contribution in [0.5, 0.6) is 11.5 Å². The Hall–Kier alpha value is -3.76. The Labute approximate surface area is 197 Å². The van der Waals surface area contributed by atoms with Gasteiger partial charge in [0.2, 0.25) is 0 Å². The highest BCUT2D eigenvalue weighted by Crippen LogP contribution is 2.41. The normalized spacial score (nSPS) is 11.3. The molecule has 3 rings (SSSR count). The maximum atomic E-state index is 9.38. The number of ether oxygens (including phenoxy) is 2. The average Bonchev–Trinajstić information content (AvgIpc) is 2.88. The third kappa shape index (κ3) is 5.93. The van der Waals surface area contributed by atoms with E-state index >= 15 is 0 Å². The van der Waals surface area contributed by atoms with Gasteiger partial charge in [-0.2, -0.15) is 10.5 Å². The highest BCUT2D eigenvalue weighted by molar-refractivity contribution is 5.82. The molecule has 4 heteroatoms. The summed E-state index contributed by atoms with van der Waals surface area (Å²) in [5, 5.41) is 18.7. The van der Waals surface area contributed by atoms with E-state index < -0.39 is 0 Å². The SMILES string of the molecule is CCCCC(CC)COc1cc(-c2cccc(C#N)c2)c(OC)cc1-c1cccc(C#N)c1. The third-order valence-electron chi connectivity index (χ3n) is 5.92. The second kappa shape index (κ2) is 11.7. The monoisotopic (exact) mass is 438 g/mol. The smallest absolute Gasteiger partial charge is 0.128 e. The topological polar surface area (TPSA) is 66.0 Å². The lowest BCUT2D eigenvalue weighted by Crippen LogP contribution is -2.12. The largest absolute Gasteiger partial charge is 0.496 e. The maximum absolute atomic E-state index is 9.38. The number of hydrogen-bond donors (Lipinski definition) is 0. The molecule has 3 aromatic carbocycles. The van der Waals surface area contributed by atoms with Gasteiger partial charge in [0.05, 0.1) is 37.0 Å². The van der Waals surface area contributed by atoms with Crippen LogP contribution >= 0.6 is 0 Å². The summed E-state index contributed by atoms with van der Waals surface area (Å²) < 4.78 is 12.2. The third-order valence-corrected chi connectivity index (χ3v) is 5.92. The summed E-state index contributed by atoms with van der Waals surface area (Å²) in [5.41, 5.74) is 4.74. The quantitative estimate of drug-likeness (QED) is 0.331. The molecule has 0 aliphatic rings. The van der Waals surface area contributed by atoms with Gasteiger partial charge in [-0.25, -0.2) is 0 Å². The zero-order valence-corrected chi connectivity index (χ0v) is 19.6. The minimum absolute atomic E-state index is 0.482. The molecular formula is C29H30N2O2. The van der Waals surface area contributed by atoms with Crippen molar-refractivity contribution in [2.45, 2.75) is 39.5 Å². The Morgan fingerprint density at radius 1 is 0.818 bits per heavy atom. The van der Waals surface area contributed by atoms with E-state index in [1.54, 1.807) is 19.2 Å². The summed E-state index contributed by atoms with van der Waals surface area (Å²) >= 11 is 0. The van der Waals surface area contributed by atoms with E-state index in [0.717, 1.165) is 40.8 Å². The Bertz CT molecular complexity index is 1170. The van der Waals surface area contributed by atoms with Gasteiger partial charge in [0.1, 0.15) is 11.5 Å².